The first-order valence-electron chi connectivity index (χ1n) is 7.14. The molecule has 1 amide bonds. The summed E-state index contributed by atoms with van der Waals surface area (Å²) in [5.41, 5.74) is 1.16. The molecule has 0 fully saturated rings. The molecule has 112 valence electrons. The molecule has 0 N–H and O–H groups in total. The molecule has 1 atom stereocenters. The summed E-state index contributed by atoms with van der Waals surface area (Å²) >= 11 is 0. The van der Waals surface area contributed by atoms with Crippen LogP contribution in [0.15, 0.2) is 12.3 Å². The Balaban J connectivity index is 2.09. The summed E-state index contributed by atoms with van der Waals surface area (Å²) < 4.78 is 7.61. The van der Waals surface area contributed by atoms with Crippen molar-refractivity contribution < 1.29 is 9.53 Å². The van der Waals surface area contributed by atoms with Gasteiger partial charge in [0.15, 0.2) is 0 Å². The zero-order valence-electron chi connectivity index (χ0n) is 12.6. The predicted octanol–water partition coefficient (Wildman–Crippen LogP) is 0.582. The highest BCUT2D eigenvalue weighted by atomic mass is 16.5. The van der Waals surface area contributed by atoms with E-state index >= 15 is 0 Å². The number of ether oxygens (including phenoxy) is 1. The molecule has 1 aliphatic heterocycles. The lowest BCUT2D eigenvalue weighted by Crippen LogP contribution is -2.43. The summed E-state index contributed by atoms with van der Waals surface area (Å²) in [4.78, 5) is 15.9. The van der Waals surface area contributed by atoms with Crippen LogP contribution in [0, 0.1) is 0 Å². The number of hydrogen-bond donors (Lipinski definition) is 0. The maximum atomic E-state index is 12.0. The maximum Gasteiger partial charge on any atom is 0.236 e. The minimum absolute atomic E-state index is 0.125. The molecule has 6 heteroatoms. The van der Waals surface area contributed by atoms with E-state index in [-0.39, 0.29) is 11.9 Å². The van der Waals surface area contributed by atoms with Gasteiger partial charge in [-0.05, 0) is 19.4 Å². The first-order valence-corrected chi connectivity index (χ1v) is 7.14. The van der Waals surface area contributed by atoms with Crippen LogP contribution in [-0.2, 0) is 22.6 Å². The van der Waals surface area contributed by atoms with Gasteiger partial charge in [0.25, 0.3) is 0 Å². The van der Waals surface area contributed by atoms with Crippen LogP contribution >= 0.6 is 0 Å². The van der Waals surface area contributed by atoms with Gasteiger partial charge in [-0.2, -0.15) is 5.10 Å². The van der Waals surface area contributed by atoms with E-state index in [4.69, 9.17) is 4.74 Å². The molecule has 1 aromatic heterocycles. The van der Waals surface area contributed by atoms with Gasteiger partial charge in [0.2, 0.25) is 5.91 Å². The Labute approximate surface area is 120 Å². The van der Waals surface area contributed by atoms with E-state index in [0.717, 1.165) is 25.2 Å². The molecule has 0 unspecified atom stereocenters. The van der Waals surface area contributed by atoms with Gasteiger partial charge in [0.05, 0.1) is 18.8 Å². The highest BCUT2D eigenvalue weighted by Gasteiger charge is 2.26. The van der Waals surface area contributed by atoms with Crippen molar-refractivity contribution in [3.05, 3.63) is 18.0 Å². The van der Waals surface area contributed by atoms with E-state index < -0.39 is 0 Å². The van der Waals surface area contributed by atoms with Crippen molar-refractivity contribution in [3.8, 4) is 0 Å². The van der Waals surface area contributed by atoms with Crippen molar-refractivity contribution in [2.75, 3.05) is 33.9 Å². The SMILES string of the molecule is CCOC[C@@H]1CCn2nccc2CN1CC(=O)N(C)C. The van der Waals surface area contributed by atoms with E-state index in [0.29, 0.717) is 19.8 Å². The molecule has 20 heavy (non-hydrogen) atoms. The number of nitrogens with zero attached hydrogens (tertiary/aromatic N) is 4. The molecule has 0 bridgehead atoms. The lowest BCUT2D eigenvalue weighted by atomic mass is 10.2. The van der Waals surface area contributed by atoms with Crippen LogP contribution in [0.5, 0.6) is 0 Å². The number of likely N-dealkylation sites (N-methyl/N-ethyl adjacent to an activating group) is 1. The topological polar surface area (TPSA) is 50.6 Å². The minimum atomic E-state index is 0.125. The Kier molecular flexibility index (Phi) is 5.14. The molecule has 0 spiro atoms. The Morgan fingerprint density at radius 1 is 1.55 bits per heavy atom. The molecule has 1 aromatic rings. The number of rotatable bonds is 5. The van der Waals surface area contributed by atoms with Crippen molar-refractivity contribution in [1.29, 1.82) is 0 Å². The van der Waals surface area contributed by atoms with Crippen LogP contribution in [0.3, 0.4) is 0 Å². The van der Waals surface area contributed by atoms with Crippen LogP contribution < -0.4 is 0 Å². The van der Waals surface area contributed by atoms with Crippen molar-refractivity contribution in [2.45, 2.75) is 32.5 Å². The monoisotopic (exact) mass is 280 g/mol. The van der Waals surface area contributed by atoms with Crippen LogP contribution in [0.1, 0.15) is 19.0 Å². The number of aromatic nitrogens is 2. The second kappa shape index (κ2) is 6.85. The molecular formula is C14H24N4O2. The van der Waals surface area contributed by atoms with Gasteiger partial charge < -0.3 is 9.64 Å². The summed E-state index contributed by atoms with van der Waals surface area (Å²) in [6.45, 7) is 5.43. The Morgan fingerprint density at radius 2 is 2.35 bits per heavy atom. The molecular weight excluding hydrogens is 256 g/mol. The number of carbonyl (C=O) groups is 1. The molecule has 0 saturated carbocycles. The van der Waals surface area contributed by atoms with Gasteiger partial charge in [-0.1, -0.05) is 0 Å². The van der Waals surface area contributed by atoms with E-state index in [1.807, 2.05) is 23.9 Å². The maximum absolute atomic E-state index is 12.0. The molecule has 1 aliphatic rings. The zero-order chi connectivity index (χ0) is 14.5. The van der Waals surface area contributed by atoms with Gasteiger partial charge in [0, 0.05) is 46.0 Å². The fourth-order valence-corrected chi connectivity index (χ4v) is 2.43. The van der Waals surface area contributed by atoms with Crippen molar-refractivity contribution in [3.63, 3.8) is 0 Å². The largest absolute Gasteiger partial charge is 0.380 e. The third kappa shape index (κ3) is 3.58. The molecule has 0 saturated heterocycles. The number of amides is 1. The van der Waals surface area contributed by atoms with Gasteiger partial charge >= 0.3 is 0 Å². The fraction of sp³-hybridized carbons (Fsp3) is 0.714. The standard InChI is InChI=1S/C14H24N4O2/c1-4-20-11-13-6-8-18-12(5-7-15-18)9-17(13)10-14(19)16(2)3/h5,7,13H,4,6,8-11H2,1-3H3/t13-/m0/s1. The van der Waals surface area contributed by atoms with Crippen molar-refractivity contribution in [2.24, 2.45) is 0 Å². The summed E-state index contributed by atoms with van der Waals surface area (Å²) in [5, 5.41) is 4.33. The quantitative estimate of drug-likeness (QED) is 0.792. The summed E-state index contributed by atoms with van der Waals surface area (Å²) in [6, 6.07) is 2.29. The summed E-state index contributed by atoms with van der Waals surface area (Å²) in [5.74, 6) is 0.125. The van der Waals surface area contributed by atoms with Gasteiger partial charge in [-0.15, -0.1) is 0 Å². The lowest BCUT2D eigenvalue weighted by molar-refractivity contribution is -0.131. The first-order chi connectivity index (χ1) is 9.61. The zero-order valence-corrected chi connectivity index (χ0v) is 12.6. The van der Waals surface area contributed by atoms with Crippen molar-refractivity contribution in [1.82, 2.24) is 19.6 Å². The Bertz CT molecular complexity index is 444. The molecule has 6 nitrogen and oxygen atoms in total. The smallest absolute Gasteiger partial charge is 0.236 e. The van der Waals surface area contributed by atoms with E-state index in [2.05, 4.69) is 10.00 Å². The van der Waals surface area contributed by atoms with Crippen molar-refractivity contribution >= 4 is 5.91 Å². The first kappa shape index (κ1) is 15.0. The van der Waals surface area contributed by atoms with Crippen LogP contribution in [0.2, 0.25) is 0 Å². The summed E-state index contributed by atoms with van der Waals surface area (Å²) in [7, 11) is 3.59. The minimum Gasteiger partial charge on any atom is -0.380 e. The predicted molar refractivity (Wildman–Crippen MR) is 76.2 cm³/mol. The Morgan fingerprint density at radius 3 is 3.05 bits per heavy atom. The third-order valence-electron chi connectivity index (χ3n) is 3.71. The fourth-order valence-electron chi connectivity index (χ4n) is 2.43. The van der Waals surface area contributed by atoms with Crippen LogP contribution in [0.25, 0.3) is 0 Å². The van der Waals surface area contributed by atoms with Gasteiger partial charge in [-0.3, -0.25) is 14.4 Å². The van der Waals surface area contributed by atoms with E-state index in [9.17, 15) is 4.79 Å². The van der Waals surface area contributed by atoms with Crippen LogP contribution in [-0.4, -0.2) is 65.4 Å². The average Bonchev–Trinajstić information content (AvgIpc) is 2.79. The van der Waals surface area contributed by atoms with Crippen LogP contribution in [0.4, 0.5) is 0 Å². The number of hydrogen-bond acceptors (Lipinski definition) is 4. The van der Waals surface area contributed by atoms with E-state index in [1.54, 1.807) is 19.0 Å². The number of fused-ring (bicyclic) bond motifs is 1. The number of carbonyl (C=O) groups excluding carboxylic acids is 1. The molecule has 0 aliphatic carbocycles. The Hall–Kier alpha value is -1.40. The molecule has 2 rings (SSSR count). The van der Waals surface area contributed by atoms with Gasteiger partial charge in [-0.25, -0.2) is 0 Å². The molecule has 0 aromatic carbocycles. The molecule has 0 radical (unpaired) electrons. The average molecular weight is 280 g/mol. The normalized spacial score (nSPS) is 19.4. The second-order valence-corrected chi connectivity index (χ2v) is 5.34. The molecule has 2 heterocycles. The van der Waals surface area contributed by atoms with E-state index in [1.165, 1.54) is 0 Å². The highest BCUT2D eigenvalue weighted by molar-refractivity contribution is 5.77. The highest BCUT2D eigenvalue weighted by Crippen LogP contribution is 2.17. The second-order valence-electron chi connectivity index (χ2n) is 5.34. The third-order valence-corrected chi connectivity index (χ3v) is 3.71. The van der Waals surface area contributed by atoms with Gasteiger partial charge in [0.1, 0.15) is 0 Å². The number of aryl methyl sites for hydroxylation is 1. The lowest BCUT2D eigenvalue weighted by Gasteiger charge is -2.29. The summed E-state index contributed by atoms with van der Waals surface area (Å²) in [6.07, 6.45) is 2.78.